The van der Waals surface area contributed by atoms with Gasteiger partial charge in [-0.2, -0.15) is 5.26 Å². The van der Waals surface area contributed by atoms with Gasteiger partial charge in [-0.15, -0.1) is 11.3 Å². The van der Waals surface area contributed by atoms with Crippen LogP contribution >= 0.6 is 11.3 Å². The van der Waals surface area contributed by atoms with Crippen LogP contribution in [0.3, 0.4) is 0 Å². The maximum atomic E-state index is 13.7. The third-order valence-corrected chi connectivity index (χ3v) is 7.47. The lowest BCUT2D eigenvalue weighted by atomic mass is 10.3. The molecule has 0 atom stereocenters. The number of nitrogens with zero attached hydrogens (tertiary/aromatic N) is 2. The molecular formula is C13H11FN2O5S3. The minimum atomic E-state index is -4.20. The molecule has 128 valence electrons. The lowest BCUT2D eigenvalue weighted by Gasteiger charge is -2.04. The Labute approximate surface area is 141 Å². The van der Waals surface area contributed by atoms with Gasteiger partial charge in [0, 0.05) is 24.6 Å². The molecule has 0 unspecified atom stereocenters. The van der Waals surface area contributed by atoms with Crippen molar-refractivity contribution >= 4 is 46.8 Å². The Morgan fingerprint density at radius 3 is 2.29 bits per heavy atom. The van der Waals surface area contributed by atoms with E-state index in [2.05, 4.69) is 4.98 Å². The van der Waals surface area contributed by atoms with E-state index in [1.54, 1.807) is 6.07 Å². The van der Waals surface area contributed by atoms with E-state index >= 15 is 0 Å². The first-order valence-corrected chi connectivity index (χ1v) is 10.8. The summed E-state index contributed by atoms with van der Waals surface area (Å²) in [7, 11) is -7.13. The number of sulfone groups is 2. The van der Waals surface area contributed by atoms with Crippen LogP contribution in [0.2, 0.25) is 0 Å². The van der Waals surface area contributed by atoms with Crippen molar-refractivity contribution in [3.05, 3.63) is 27.2 Å². The maximum Gasteiger partial charge on any atom is 0.187 e. The Morgan fingerprint density at radius 2 is 1.83 bits per heavy atom. The Bertz CT molecular complexity index is 1070. The van der Waals surface area contributed by atoms with Crippen molar-refractivity contribution in [1.29, 1.82) is 5.26 Å². The largest absolute Gasteiger partial charge is 0.494 e. The summed E-state index contributed by atoms with van der Waals surface area (Å²) < 4.78 is 65.3. The maximum absolute atomic E-state index is 13.7. The van der Waals surface area contributed by atoms with Crippen LogP contribution in [0.1, 0.15) is 5.01 Å². The Morgan fingerprint density at radius 1 is 1.25 bits per heavy atom. The average Bonchev–Trinajstić information content (AvgIpc) is 2.82. The van der Waals surface area contributed by atoms with Gasteiger partial charge < -0.3 is 4.74 Å². The highest BCUT2D eigenvalue weighted by Crippen LogP contribution is 2.34. The van der Waals surface area contributed by atoms with Gasteiger partial charge in [-0.3, -0.25) is 0 Å². The van der Waals surface area contributed by atoms with Gasteiger partial charge >= 0.3 is 0 Å². The molecule has 2 rings (SSSR count). The molecule has 11 heteroatoms. The van der Waals surface area contributed by atoms with Crippen molar-refractivity contribution in [2.45, 2.75) is 0 Å². The predicted molar refractivity (Wildman–Crippen MR) is 88.4 cm³/mol. The number of thiazole rings is 1. The zero-order valence-corrected chi connectivity index (χ0v) is 15.1. The molecule has 0 aliphatic heterocycles. The number of allylic oxidation sites excluding steroid dienone is 1. The van der Waals surface area contributed by atoms with Crippen LogP contribution in [0.15, 0.2) is 16.4 Å². The van der Waals surface area contributed by atoms with E-state index in [0.29, 0.717) is 17.2 Å². The first-order chi connectivity index (χ1) is 11.0. The fraction of sp³-hybridized carbons (Fsp3) is 0.231. The second-order valence-electron chi connectivity index (χ2n) is 4.79. The molecule has 0 radical (unpaired) electrons. The summed E-state index contributed by atoms with van der Waals surface area (Å²) in [5.41, 5.74) is -0.442. The topological polar surface area (TPSA) is 114 Å². The third-order valence-electron chi connectivity index (χ3n) is 2.87. The molecule has 0 saturated carbocycles. The quantitative estimate of drug-likeness (QED) is 0.730. The van der Waals surface area contributed by atoms with E-state index in [9.17, 15) is 26.5 Å². The van der Waals surface area contributed by atoms with Gasteiger partial charge in [0.05, 0.1) is 17.3 Å². The Hall–Kier alpha value is -2.03. The molecule has 0 spiro atoms. The van der Waals surface area contributed by atoms with Gasteiger partial charge in [-0.1, -0.05) is 0 Å². The summed E-state index contributed by atoms with van der Waals surface area (Å²) in [6.07, 6.45) is 1.38. The molecule has 0 bridgehead atoms. The summed E-state index contributed by atoms with van der Waals surface area (Å²) in [5.74, 6) is -0.734. The van der Waals surface area contributed by atoms with Crippen LogP contribution in [0.4, 0.5) is 4.39 Å². The number of methoxy groups -OCH3 is 1. The van der Waals surface area contributed by atoms with Crippen LogP contribution in [-0.2, 0) is 19.7 Å². The zero-order chi connectivity index (χ0) is 18.3. The smallest absolute Gasteiger partial charge is 0.187 e. The molecule has 0 aliphatic rings. The fourth-order valence-corrected chi connectivity index (χ4v) is 6.35. The van der Waals surface area contributed by atoms with Crippen molar-refractivity contribution < 1.29 is 26.0 Å². The van der Waals surface area contributed by atoms with Crippen LogP contribution in [0.5, 0.6) is 5.75 Å². The number of aromatic nitrogens is 1. The second-order valence-corrected chi connectivity index (χ2v) is 9.99. The van der Waals surface area contributed by atoms with E-state index in [1.165, 1.54) is 13.2 Å². The highest BCUT2D eigenvalue weighted by molar-refractivity contribution is 8.14. The SMILES string of the molecule is COc1cc2sc(C(C#N)=C(S(C)(=O)=O)S(C)(=O)=O)nc2cc1F. The summed E-state index contributed by atoms with van der Waals surface area (Å²) in [5, 5.41) is 9.15. The lowest BCUT2D eigenvalue weighted by Crippen LogP contribution is -2.13. The summed E-state index contributed by atoms with van der Waals surface area (Å²) >= 11 is 0.862. The van der Waals surface area contributed by atoms with Crippen LogP contribution in [0.25, 0.3) is 15.8 Å². The molecule has 2 aromatic rings. The number of nitriles is 1. The van der Waals surface area contributed by atoms with E-state index in [-0.39, 0.29) is 16.3 Å². The van der Waals surface area contributed by atoms with E-state index < -0.39 is 35.3 Å². The highest BCUT2D eigenvalue weighted by Gasteiger charge is 2.30. The molecular weight excluding hydrogens is 379 g/mol. The normalized spacial score (nSPS) is 12.0. The Balaban J connectivity index is 2.88. The molecule has 1 heterocycles. The minimum Gasteiger partial charge on any atom is -0.494 e. The van der Waals surface area contributed by atoms with Gasteiger partial charge in [0.2, 0.25) is 0 Å². The molecule has 0 aliphatic carbocycles. The number of hydrogen-bond donors (Lipinski definition) is 0. The van der Waals surface area contributed by atoms with E-state index in [4.69, 9.17) is 4.74 Å². The zero-order valence-electron chi connectivity index (χ0n) is 12.7. The van der Waals surface area contributed by atoms with Gasteiger partial charge in [0.1, 0.15) is 16.6 Å². The van der Waals surface area contributed by atoms with Gasteiger partial charge in [0.15, 0.2) is 35.5 Å². The minimum absolute atomic E-state index is 0.0494. The fourth-order valence-electron chi connectivity index (χ4n) is 2.02. The van der Waals surface area contributed by atoms with Crippen LogP contribution in [0, 0.1) is 17.1 Å². The van der Waals surface area contributed by atoms with Crippen molar-refractivity contribution in [3.8, 4) is 11.8 Å². The number of halogens is 1. The van der Waals surface area contributed by atoms with Crippen molar-refractivity contribution in [1.82, 2.24) is 4.98 Å². The highest BCUT2D eigenvalue weighted by atomic mass is 32.3. The summed E-state index contributed by atoms with van der Waals surface area (Å²) in [6.45, 7) is 0. The number of hydrogen-bond acceptors (Lipinski definition) is 8. The van der Waals surface area contributed by atoms with Crippen molar-refractivity contribution in [3.63, 3.8) is 0 Å². The van der Waals surface area contributed by atoms with Gasteiger partial charge in [-0.05, 0) is 0 Å². The third kappa shape index (κ3) is 3.40. The van der Waals surface area contributed by atoms with Gasteiger partial charge in [-0.25, -0.2) is 26.2 Å². The van der Waals surface area contributed by atoms with Crippen molar-refractivity contribution in [2.24, 2.45) is 0 Å². The molecule has 0 amide bonds. The van der Waals surface area contributed by atoms with Crippen LogP contribution in [-0.4, -0.2) is 41.4 Å². The molecule has 1 aromatic carbocycles. The second kappa shape index (κ2) is 6.12. The Kier molecular flexibility index (Phi) is 4.67. The number of rotatable bonds is 4. The number of benzene rings is 1. The average molecular weight is 390 g/mol. The standard InChI is InChI=1S/C13H11FN2O5S3/c1-21-10-5-11-9(4-8(10)14)16-12(22-11)7(6-15)13(23(2,17)18)24(3,19)20/h4-5H,1-3H3. The number of ether oxygens (including phenoxy) is 1. The number of fused-ring (bicyclic) bond motifs is 1. The molecule has 0 fully saturated rings. The molecule has 7 nitrogen and oxygen atoms in total. The first-order valence-electron chi connectivity index (χ1n) is 6.18. The summed E-state index contributed by atoms with van der Waals surface area (Å²) in [6, 6.07) is 3.97. The lowest BCUT2D eigenvalue weighted by molar-refractivity contribution is 0.387. The monoisotopic (exact) mass is 390 g/mol. The van der Waals surface area contributed by atoms with E-state index in [1.807, 2.05) is 0 Å². The van der Waals surface area contributed by atoms with Crippen molar-refractivity contribution in [2.75, 3.05) is 19.6 Å². The van der Waals surface area contributed by atoms with Crippen LogP contribution < -0.4 is 4.74 Å². The molecule has 0 saturated heterocycles. The van der Waals surface area contributed by atoms with Gasteiger partial charge in [0.25, 0.3) is 0 Å². The summed E-state index contributed by atoms with van der Waals surface area (Å²) in [4.78, 5) is 3.98. The first kappa shape index (κ1) is 18.3. The predicted octanol–water partition coefficient (Wildman–Crippen LogP) is 1.73. The van der Waals surface area contributed by atoms with E-state index in [0.717, 1.165) is 17.4 Å². The molecule has 0 N–H and O–H groups in total. The molecule has 24 heavy (non-hydrogen) atoms. The molecule has 1 aromatic heterocycles.